The molecule has 7 heteroatoms. The van der Waals surface area contributed by atoms with E-state index in [1.54, 1.807) is 4.57 Å². The van der Waals surface area contributed by atoms with E-state index in [-0.39, 0.29) is 23.4 Å². The number of aliphatic hydroxyl groups is 1. The highest BCUT2D eigenvalue weighted by molar-refractivity contribution is 7.07. The SMILES string of the molecule is Cc1csc(=O)n1CCCC(=O)NCC1(O)CCOC1C. The smallest absolute Gasteiger partial charge is 0.307 e. The van der Waals surface area contributed by atoms with E-state index in [4.69, 9.17) is 4.74 Å². The van der Waals surface area contributed by atoms with Gasteiger partial charge in [-0.05, 0) is 20.3 Å². The molecule has 1 aromatic heterocycles. The summed E-state index contributed by atoms with van der Waals surface area (Å²) in [6.07, 6.45) is 1.23. The second kappa shape index (κ2) is 6.72. The molecule has 0 bridgehead atoms. The zero-order valence-corrected chi connectivity index (χ0v) is 13.2. The summed E-state index contributed by atoms with van der Waals surface area (Å²) in [4.78, 5) is 23.3. The summed E-state index contributed by atoms with van der Waals surface area (Å²) >= 11 is 1.18. The number of rotatable bonds is 6. The minimum atomic E-state index is -0.962. The van der Waals surface area contributed by atoms with Crippen LogP contribution in [-0.4, -0.2) is 40.4 Å². The van der Waals surface area contributed by atoms with Gasteiger partial charge in [0.1, 0.15) is 5.60 Å². The number of hydrogen-bond donors (Lipinski definition) is 2. The van der Waals surface area contributed by atoms with E-state index in [2.05, 4.69) is 5.32 Å². The third kappa shape index (κ3) is 3.93. The predicted octanol–water partition coefficient (Wildman–Crippen LogP) is 0.655. The maximum absolute atomic E-state index is 11.8. The van der Waals surface area contributed by atoms with Gasteiger partial charge in [0.05, 0.1) is 6.10 Å². The topological polar surface area (TPSA) is 80.6 Å². The van der Waals surface area contributed by atoms with E-state index in [1.807, 2.05) is 19.2 Å². The van der Waals surface area contributed by atoms with Crippen molar-refractivity contribution in [3.05, 3.63) is 20.7 Å². The maximum atomic E-state index is 11.8. The molecular weight excluding hydrogens is 292 g/mol. The van der Waals surface area contributed by atoms with Crippen molar-refractivity contribution >= 4 is 17.2 Å². The summed E-state index contributed by atoms with van der Waals surface area (Å²) < 4.78 is 7.00. The lowest BCUT2D eigenvalue weighted by Gasteiger charge is -2.26. The second-order valence-electron chi connectivity index (χ2n) is 5.54. The number of thiazole rings is 1. The Labute approximate surface area is 127 Å². The van der Waals surface area contributed by atoms with Crippen LogP contribution in [0.15, 0.2) is 10.2 Å². The van der Waals surface area contributed by atoms with Gasteiger partial charge in [-0.15, -0.1) is 0 Å². The molecule has 1 aromatic rings. The van der Waals surface area contributed by atoms with Gasteiger partial charge in [-0.25, -0.2) is 0 Å². The van der Waals surface area contributed by atoms with Crippen LogP contribution in [0.2, 0.25) is 0 Å². The van der Waals surface area contributed by atoms with Crippen LogP contribution in [0.1, 0.15) is 31.9 Å². The highest BCUT2D eigenvalue weighted by Gasteiger charge is 2.39. The summed E-state index contributed by atoms with van der Waals surface area (Å²) in [6.45, 7) is 4.98. The number of ether oxygens (including phenoxy) is 1. The molecule has 2 N–H and O–H groups in total. The number of carbonyl (C=O) groups excluding carboxylic acids is 1. The molecular formula is C14H22N2O4S. The number of amides is 1. The first-order chi connectivity index (χ1) is 9.92. The van der Waals surface area contributed by atoms with Gasteiger partial charge in [-0.2, -0.15) is 0 Å². The van der Waals surface area contributed by atoms with Crippen molar-refractivity contribution in [1.29, 1.82) is 0 Å². The van der Waals surface area contributed by atoms with Crippen LogP contribution in [-0.2, 0) is 16.1 Å². The number of aromatic nitrogens is 1. The maximum Gasteiger partial charge on any atom is 0.307 e. The Kier molecular flexibility index (Phi) is 5.18. The molecule has 1 aliphatic rings. The molecule has 6 nitrogen and oxygen atoms in total. The first-order valence-electron chi connectivity index (χ1n) is 7.18. The predicted molar refractivity (Wildman–Crippen MR) is 80.5 cm³/mol. The first-order valence-corrected chi connectivity index (χ1v) is 8.06. The molecule has 2 atom stereocenters. The van der Waals surface area contributed by atoms with Crippen molar-refractivity contribution < 1.29 is 14.6 Å². The van der Waals surface area contributed by atoms with E-state index in [9.17, 15) is 14.7 Å². The molecule has 1 saturated heterocycles. The molecule has 2 rings (SSSR count). The lowest BCUT2D eigenvalue weighted by atomic mass is 9.97. The fourth-order valence-electron chi connectivity index (χ4n) is 2.42. The normalized spacial score (nSPS) is 25.2. The molecule has 1 amide bonds. The van der Waals surface area contributed by atoms with E-state index < -0.39 is 5.60 Å². The van der Waals surface area contributed by atoms with Crippen molar-refractivity contribution in [2.24, 2.45) is 0 Å². The van der Waals surface area contributed by atoms with Crippen molar-refractivity contribution in [2.75, 3.05) is 13.2 Å². The molecule has 0 radical (unpaired) electrons. The van der Waals surface area contributed by atoms with Crippen LogP contribution in [0.4, 0.5) is 0 Å². The zero-order valence-electron chi connectivity index (χ0n) is 12.4. The fraction of sp³-hybridized carbons (Fsp3) is 0.714. The Morgan fingerprint density at radius 1 is 1.67 bits per heavy atom. The summed E-state index contributed by atoms with van der Waals surface area (Å²) in [5.41, 5.74) is -0.0343. The highest BCUT2D eigenvalue weighted by Crippen LogP contribution is 2.24. The summed E-state index contributed by atoms with van der Waals surface area (Å²) in [6, 6.07) is 0. The Morgan fingerprint density at radius 3 is 3.00 bits per heavy atom. The van der Waals surface area contributed by atoms with Gasteiger partial charge in [0.2, 0.25) is 5.91 Å². The van der Waals surface area contributed by atoms with E-state index in [0.717, 1.165) is 5.69 Å². The summed E-state index contributed by atoms with van der Waals surface area (Å²) in [5.74, 6) is -0.108. The van der Waals surface area contributed by atoms with Crippen LogP contribution in [0.5, 0.6) is 0 Å². The van der Waals surface area contributed by atoms with E-state index in [1.165, 1.54) is 11.3 Å². The Bertz CT molecular complexity index is 553. The second-order valence-corrected chi connectivity index (χ2v) is 6.36. The first kappa shape index (κ1) is 16.2. The third-order valence-electron chi connectivity index (χ3n) is 4.01. The zero-order chi connectivity index (χ0) is 15.5. The van der Waals surface area contributed by atoms with Gasteiger partial charge in [0, 0.05) is 43.6 Å². The molecule has 1 aliphatic heterocycles. The molecule has 2 heterocycles. The molecule has 0 aromatic carbocycles. The minimum Gasteiger partial charge on any atom is -0.385 e. The van der Waals surface area contributed by atoms with E-state index in [0.29, 0.717) is 32.4 Å². The average molecular weight is 314 g/mol. The quantitative estimate of drug-likeness (QED) is 0.808. The van der Waals surface area contributed by atoms with Crippen molar-refractivity contribution in [3.63, 3.8) is 0 Å². The molecule has 21 heavy (non-hydrogen) atoms. The van der Waals surface area contributed by atoms with Crippen molar-refractivity contribution in [3.8, 4) is 0 Å². The molecule has 118 valence electrons. The number of carbonyl (C=O) groups is 1. The van der Waals surface area contributed by atoms with Gasteiger partial charge in [0.15, 0.2) is 0 Å². The lowest BCUT2D eigenvalue weighted by molar-refractivity contribution is -0.123. The van der Waals surface area contributed by atoms with Gasteiger partial charge in [0.25, 0.3) is 0 Å². The molecule has 2 unspecified atom stereocenters. The van der Waals surface area contributed by atoms with Crippen LogP contribution in [0.25, 0.3) is 0 Å². The van der Waals surface area contributed by atoms with Crippen LogP contribution < -0.4 is 10.2 Å². The fourth-order valence-corrected chi connectivity index (χ4v) is 3.18. The van der Waals surface area contributed by atoms with Crippen LogP contribution in [0, 0.1) is 6.92 Å². The van der Waals surface area contributed by atoms with Gasteiger partial charge < -0.3 is 19.7 Å². The van der Waals surface area contributed by atoms with Crippen molar-refractivity contribution in [1.82, 2.24) is 9.88 Å². The number of nitrogens with one attached hydrogen (secondary N) is 1. The standard InChI is InChI=1S/C14H22N2O4S/c1-10-8-21-13(18)16(10)6-3-4-12(17)15-9-14(19)5-7-20-11(14)2/h8,11,19H,3-7,9H2,1-2H3,(H,15,17). The van der Waals surface area contributed by atoms with Gasteiger partial charge in [-0.3, -0.25) is 9.59 Å². The monoisotopic (exact) mass is 314 g/mol. The molecule has 0 aliphatic carbocycles. The Balaban J connectivity index is 1.72. The van der Waals surface area contributed by atoms with Gasteiger partial charge >= 0.3 is 4.87 Å². The largest absolute Gasteiger partial charge is 0.385 e. The third-order valence-corrected chi connectivity index (χ3v) is 4.89. The average Bonchev–Trinajstić information content (AvgIpc) is 2.94. The number of hydrogen-bond acceptors (Lipinski definition) is 5. The Morgan fingerprint density at radius 2 is 2.43 bits per heavy atom. The lowest BCUT2D eigenvalue weighted by Crippen LogP contribution is -2.47. The van der Waals surface area contributed by atoms with Crippen LogP contribution >= 0.6 is 11.3 Å². The number of aryl methyl sites for hydroxylation is 1. The van der Waals surface area contributed by atoms with Crippen molar-refractivity contribution in [2.45, 2.75) is 51.4 Å². The summed E-state index contributed by atoms with van der Waals surface area (Å²) in [7, 11) is 0. The molecule has 0 spiro atoms. The van der Waals surface area contributed by atoms with Gasteiger partial charge in [-0.1, -0.05) is 11.3 Å². The summed E-state index contributed by atoms with van der Waals surface area (Å²) in [5, 5.41) is 14.8. The van der Waals surface area contributed by atoms with E-state index >= 15 is 0 Å². The molecule has 1 fully saturated rings. The highest BCUT2D eigenvalue weighted by atomic mass is 32.1. The number of nitrogens with zero attached hydrogens (tertiary/aromatic N) is 1. The Hall–Kier alpha value is -1.18. The molecule has 0 saturated carbocycles. The minimum absolute atomic E-state index is 0.0131. The van der Waals surface area contributed by atoms with Crippen LogP contribution in [0.3, 0.4) is 0 Å².